The van der Waals surface area contributed by atoms with Gasteiger partial charge in [0.05, 0.1) is 5.69 Å². The van der Waals surface area contributed by atoms with Crippen molar-refractivity contribution in [2.24, 2.45) is 5.73 Å². The Kier molecular flexibility index (Phi) is 3.58. The second-order valence-electron chi connectivity index (χ2n) is 4.14. The molecule has 0 fully saturated rings. The maximum absolute atomic E-state index is 5.59. The van der Waals surface area contributed by atoms with Gasteiger partial charge < -0.3 is 10.6 Å². The molecule has 3 nitrogen and oxygen atoms in total. The molecule has 2 N–H and O–H groups in total. The van der Waals surface area contributed by atoms with E-state index >= 15 is 0 Å². The lowest BCUT2D eigenvalue weighted by atomic mass is 10.2. The fraction of sp³-hybridized carbons (Fsp3) is 0.143. The van der Waals surface area contributed by atoms with Crippen molar-refractivity contribution in [2.45, 2.75) is 6.92 Å². The summed E-state index contributed by atoms with van der Waals surface area (Å²) >= 11 is 4.94. The van der Waals surface area contributed by atoms with Crippen molar-refractivity contribution < 1.29 is 0 Å². The Labute approximate surface area is 112 Å². The quantitative estimate of drug-likeness (QED) is 0.859. The molecule has 0 bridgehead atoms. The van der Waals surface area contributed by atoms with Gasteiger partial charge in [-0.15, -0.1) is 0 Å². The Morgan fingerprint density at radius 2 is 1.83 bits per heavy atom. The van der Waals surface area contributed by atoms with Gasteiger partial charge in [-0.3, -0.25) is 0 Å². The Morgan fingerprint density at radius 1 is 1.17 bits per heavy atom. The number of rotatable bonds is 3. The molecule has 0 radical (unpaired) electrons. The molecular weight excluding hydrogens is 242 g/mol. The average Bonchev–Trinajstić information content (AvgIpc) is 2.39. The first kappa shape index (κ1) is 12.5. The summed E-state index contributed by atoms with van der Waals surface area (Å²) in [6.45, 7) is 2.06. The van der Waals surface area contributed by atoms with Crippen LogP contribution < -0.4 is 10.6 Å². The standard InChI is InChI=1S/C14H15N3S/c1-10-6-8-11(9-7-10)17(2)13-5-3-4-12(16-13)14(15)18/h3-9H,1-2H3,(H2,15,18). The highest BCUT2D eigenvalue weighted by Crippen LogP contribution is 2.21. The van der Waals surface area contributed by atoms with E-state index in [1.807, 2.05) is 30.1 Å². The van der Waals surface area contributed by atoms with Crippen LogP contribution in [-0.2, 0) is 0 Å². The molecule has 4 heteroatoms. The van der Waals surface area contributed by atoms with Gasteiger partial charge in [-0.2, -0.15) is 0 Å². The van der Waals surface area contributed by atoms with Crippen LogP contribution in [0.4, 0.5) is 11.5 Å². The second-order valence-corrected chi connectivity index (χ2v) is 4.58. The fourth-order valence-electron chi connectivity index (χ4n) is 1.65. The fourth-order valence-corrected chi connectivity index (χ4v) is 1.76. The van der Waals surface area contributed by atoms with E-state index in [-0.39, 0.29) is 0 Å². The Morgan fingerprint density at radius 3 is 2.44 bits per heavy atom. The molecule has 1 aromatic heterocycles. The highest BCUT2D eigenvalue weighted by molar-refractivity contribution is 7.80. The maximum Gasteiger partial charge on any atom is 0.133 e. The van der Waals surface area contributed by atoms with Crippen molar-refractivity contribution >= 4 is 28.7 Å². The van der Waals surface area contributed by atoms with E-state index in [0.717, 1.165) is 11.5 Å². The molecular formula is C14H15N3S. The number of thiocarbonyl (C=S) groups is 1. The zero-order valence-corrected chi connectivity index (χ0v) is 11.2. The van der Waals surface area contributed by atoms with Crippen LogP contribution in [0, 0.1) is 6.92 Å². The SMILES string of the molecule is Cc1ccc(N(C)c2cccc(C(N)=S)n2)cc1. The van der Waals surface area contributed by atoms with Gasteiger partial charge in [-0.1, -0.05) is 36.0 Å². The van der Waals surface area contributed by atoms with Gasteiger partial charge in [-0.05, 0) is 31.2 Å². The normalized spacial score (nSPS) is 10.1. The molecule has 0 atom stereocenters. The number of hydrogen-bond donors (Lipinski definition) is 1. The number of benzene rings is 1. The van der Waals surface area contributed by atoms with Gasteiger partial charge in [0, 0.05) is 12.7 Å². The van der Waals surface area contributed by atoms with Crippen LogP contribution in [0.1, 0.15) is 11.3 Å². The number of nitrogens with zero attached hydrogens (tertiary/aromatic N) is 2. The Hall–Kier alpha value is -1.94. The van der Waals surface area contributed by atoms with Crippen molar-refractivity contribution in [2.75, 3.05) is 11.9 Å². The van der Waals surface area contributed by atoms with Gasteiger partial charge in [0.15, 0.2) is 0 Å². The topological polar surface area (TPSA) is 42.1 Å². The molecule has 0 spiro atoms. The zero-order valence-electron chi connectivity index (χ0n) is 10.4. The zero-order chi connectivity index (χ0) is 13.1. The number of pyridine rings is 1. The van der Waals surface area contributed by atoms with Gasteiger partial charge in [0.1, 0.15) is 10.8 Å². The van der Waals surface area contributed by atoms with Gasteiger partial charge in [-0.25, -0.2) is 4.98 Å². The molecule has 0 aliphatic rings. The van der Waals surface area contributed by atoms with Gasteiger partial charge in [0.2, 0.25) is 0 Å². The summed E-state index contributed by atoms with van der Waals surface area (Å²) in [6.07, 6.45) is 0. The molecule has 1 aromatic carbocycles. The van der Waals surface area contributed by atoms with E-state index in [0.29, 0.717) is 10.7 Å². The summed E-state index contributed by atoms with van der Waals surface area (Å²) in [5, 5.41) is 0. The molecule has 0 saturated heterocycles. The minimum Gasteiger partial charge on any atom is -0.388 e. The molecule has 0 aliphatic carbocycles. The Balaban J connectivity index is 2.33. The minimum atomic E-state index is 0.314. The summed E-state index contributed by atoms with van der Waals surface area (Å²) in [6, 6.07) is 13.9. The van der Waals surface area contributed by atoms with Crippen molar-refractivity contribution in [3.05, 3.63) is 53.7 Å². The van der Waals surface area contributed by atoms with Crippen LogP contribution in [0.2, 0.25) is 0 Å². The van der Waals surface area contributed by atoms with E-state index in [1.165, 1.54) is 5.56 Å². The lowest BCUT2D eigenvalue weighted by Gasteiger charge is -2.19. The van der Waals surface area contributed by atoms with Crippen molar-refractivity contribution in [3.8, 4) is 0 Å². The van der Waals surface area contributed by atoms with Crippen molar-refractivity contribution in [3.63, 3.8) is 0 Å². The van der Waals surface area contributed by atoms with E-state index < -0.39 is 0 Å². The molecule has 0 amide bonds. The highest BCUT2D eigenvalue weighted by atomic mass is 32.1. The Bertz CT molecular complexity index is 564. The lowest BCUT2D eigenvalue weighted by molar-refractivity contribution is 1.12. The molecule has 0 aliphatic heterocycles. The molecule has 2 rings (SSSR count). The van der Waals surface area contributed by atoms with Crippen LogP contribution >= 0.6 is 12.2 Å². The highest BCUT2D eigenvalue weighted by Gasteiger charge is 2.06. The van der Waals surface area contributed by atoms with Crippen LogP contribution in [-0.4, -0.2) is 17.0 Å². The van der Waals surface area contributed by atoms with Crippen LogP contribution in [0.25, 0.3) is 0 Å². The van der Waals surface area contributed by atoms with E-state index in [2.05, 4.69) is 36.2 Å². The van der Waals surface area contributed by atoms with Crippen LogP contribution in [0.3, 0.4) is 0 Å². The minimum absolute atomic E-state index is 0.314. The molecule has 18 heavy (non-hydrogen) atoms. The number of hydrogen-bond acceptors (Lipinski definition) is 3. The molecule has 0 saturated carbocycles. The van der Waals surface area contributed by atoms with Crippen molar-refractivity contribution in [1.29, 1.82) is 0 Å². The predicted octanol–water partition coefficient (Wildman–Crippen LogP) is 2.79. The summed E-state index contributed by atoms with van der Waals surface area (Å²) in [7, 11) is 1.97. The van der Waals surface area contributed by atoms with E-state index in [1.54, 1.807) is 0 Å². The third-order valence-corrected chi connectivity index (χ3v) is 2.96. The summed E-state index contributed by atoms with van der Waals surface area (Å²) in [5.41, 5.74) is 8.54. The number of nitrogens with two attached hydrogens (primary N) is 1. The second kappa shape index (κ2) is 5.14. The molecule has 0 unspecified atom stereocenters. The van der Waals surface area contributed by atoms with Gasteiger partial charge >= 0.3 is 0 Å². The molecule has 92 valence electrons. The summed E-state index contributed by atoms with van der Waals surface area (Å²) in [5.74, 6) is 0.823. The third-order valence-electron chi connectivity index (χ3n) is 2.75. The maximum atomic E-state index is 5.59. The largest absolute Gasteiger partial charge is 0.388 e. The van der Waals surface area contributed by atoms with E-state index in [4.69, 9.17) is 18.0 Å². The lowest BCUT2D eigenvalue weighted by Crippen LogP contribution is -2.16. The molecule has 2 aromatic rings. The molecule has 1 heterocycles. The monoisotopic (exact) mass is 257 g/mol. The van der Waals surface area contributed by atoms with Gasteiger partial charge in [0.25, 0.3) is 0 Å². The van der Waals surface area contributed by atoms with Crippen LogP contribution in [0.5, 0.6) is 0 Å². The smallest absolute Gasteiger partial charge is 0.133 e. The first-order valence-corrected chi connectivity index (χ1v) is 6.06. The summed E-state index contributed by atoms with van der Waals surface area (Å²) < 4.78 is 0. The van der Waals surface area contributed by atoms with Crippen molar-refractivity contribution in [1.82, 2.24) is 4.98 Å². The first-order chi connectivity index (χ1) is 8.58. The number of anilines is 2. The predicted molar refractivity (Wildman–Crippen MR) is 79.4 cm³/mol. The third kappa shape index (κ3) is 2.65. The summed E-state index contributed by atoms with van der Waals surface area (Å²) in [4.78, 5) is 6.75. The average molecular weight is 257 g/mol. The first-order valence-electron chi connectivity index (χ1n) is 5.65. The van der Waals surface area contributed by atoms with Crippen LogP contribution in [0.15, 0.2) is 42.5 Å². The number of aryl methyl sites for hydroxylation is 1. The number of aromatic nitrogens is 1. The van der Waals surface area contributed by atoms with E-state index in [9.17, 15) is 0 Å².